The largest absolute Gasteiger partial charge is 0.476 e. The molecule has 138 valence electrons. The monoisotopic (exact) mass is 367 g/mol. The molecule has 1 amide bonds. The van der Waals surface area contributed by atoms with E-state index in [-0.39, 0.29) is 11.4 Å². The molecule has 2 rings (SSSR count). The second-order valence-electron chi connectivity index (χ2n) is 5.81. The third-order valence-electron chi connectivity index (χ3n) is 3.22. The molecule has 26 heavy (non-hydrogen) atoms. The Balaban J connectivity index is 1.90. The fraction of sp³-hybridized carbons (Fsp3) is 0.222. The van der Waals surface area contributed by atoms with E-state index in [1.165, 1.54) is 26.0 Å². The van der Waals surface area contributed by atoms with E-state index in [0.29, 0.717) is 0 Å². The molecule has 0 spiro atoms. The average molecular weight is 367 g/mol. The molecule has 0 aliphatic carbocycles. The predicted octanol–water partition coefficient (Wildman–Crippen LogP) is 3.44. The van der Waals surface area contributed by atoms with Gasteiger partial charge in [-0.3, -0.25) is 4.79 Å². The lowest BCUT2D eigenvalue weighted by Gasteiger charge is -2.24. The number of nitrogens with one attached hydrogen (secondary N) is 1. The lowest BCUT2D eigenvalue weighted by molar-refractivity contribution is -0.161. The highest BCUT2D eigenvalue weighted by Crippen LogP contribution is 2.20. The number of amides is 1. The summed E-state index contributed by atoms with van der Waals surface area (Å²) < 4.78 is 49.6. The van der Waals surface area contributed by atoms with Crippen LogP contribution in [0.3, 0.4) is 0 Å². The Bertz CT molecular complexity index is 807. The molecule has 5 nitrogen and oxygen atoms in total. The number of carbonyl (C=O) groups excluding carboxylic acids is 2. The SMILES string of the molecule is CC(C)(Oc1ccc(F)cc1)C(=O)OCC(=O)Nc1cc(F)ccc1F. The minimum absolute atomic E-state index is 0.236. The molecule has 0 aromatic heterocycles. The Labute approximate surface area is 147 Å². The van der Waals surface area contributed by atoms with Crippen LogP contribution in [0.15, 0.2) is 42.5 Å². The van der Waals surface area contributed by atoms with Crippen LogP contribution >= 0.6 is 0 Å². The number of rotatable bonds is 6. The van der Waals surface area contributed by atoms with Crippen molar-refractivity contribution in [3.63, 3.8) is 0 Å². The van der Waals surface area contributed by atoms with Gasteiger partial charge in [0.2, 0.25) is 0 Å². The van der Waals surface area contributed by atoms with E-state index in [0.717, 1.165) is 30.3 Å². The van der Waals surface area contributed by atoms with E-state index in [4.69, 9.17) is 9.47 Å². The Morgan fingerprint density at radius 3 is 2.27 bits per heavy atom. The maximum Gasteiger partial charge on any atom is 0.350 e. The van der Waals surface area contributed by atoms with Crippen molar-refractivity contribution >= 4 is 17.6 Å². The van der Waals surface area contributed by atoms with Gasteiger partial charge in [0, 0.05) is 6.07 Å². The first kappa shape index (κ1) is 19.3. The molecule has 0 saturated heterocycles. The van der Waals surface area contributed by atoms with Crippen LogP contribution in [0, 0.1) is 17.5 Å². The molecule has 0 unspecified atom stereocenters. The molecule has 0 aliphatic heterocycles. The number of carbonyl (C=O) groups is 2. The first-order valence-electron chi connectivity index (χ1n) is 7.54. The van der Waals surface area contributed by atoms with Crippen LogP contribution in [0.4, 0.5) is 18.9 Å². The molecule has 0 bridgehead atoms. The normalized spacial score (nSPS) is 11.0. The van der Waals surface area contributed by atoms with E-state index in [2.05, 4.69) is 5.32 Å². The van der Waals surface area contributed by atoms with Crippen molar-refractivity contribution in [3.05, 3.63) is 59.9 Å². The van der Waals surface area contributed by atoms with Crippen LogP contribution in [0.25, 0.3) is 0 Å². The summed E-state index contributed by atoms with van der Waals surface area (Å²) in [6.45, 7) is 2.09. The maximum absolute atomic E-state index is 13.5. The fourth-order valence-corrected chi connectivity index (χ4v) is 1.92. The summed E-state index contributed by atoms with van der Waals surface area (Å²) in [5.41, 5.74) is -1.82. The number of ether oxygens (including phenoxy) is 2. The number of anilines is 1. The van der Waals surface area contributed by atoms with Crippen molar-refractivity contribution in [1.29, 1.82) is 0 Å². The zero-order chi connectivity index (χ0) is 19.3. The van der Waals surface area contributed by atoms with Gasteiger partial charge in [-0.15, -0.1) is 0 Å². The highest BCUT2D eigenvalue weighted by atomic mass is 19.1. The van der Waals surface area contributed by atoms with Gasteiger partial charge in [-0.25, -0.2) is 18.0 Å². The second-order valence-corrected chi connectivity index (χ2v) is 5.81. The van der Waals surface area contributed by atoms with E-state index in [1.807, 2.05) is 0 Å². The minimum Gasteiger partial charge on any atom is -0.476 e. The summed E-state index contributed by atoms with van der Waals surface area (Å²) in [5.74, 6) is -3.49. The highest BCUT2D eigenvalue weighted by molar-refractivity contribution is 5.93. The first-order valence-corrected chi connectivity index (χ1v) is 7.54. The molecule has 0 saturated carbocycles. The third kappa shape index (κ3) is 5.23. The van der Waals surface area contributed by atoms with E-state index < -0.39 is 41.5 Å². The third-order valence-corrected chi connectivity index (χ3v) is 3.22. The molecule has 0 heterocycles. The van der Waals surface area contributed by atoms with Crippen molar-refractivity contribution in [2.45, 2.75) is 19.4 Å². The highest BCUT2D eigenvalue weighted by Gasteiger charge is 2.32. The summed E-state index contributed by atoms with van der Waals surface area (Å²) in [7, 11) is 0. The van der Waals surface area contributed by atoms with Gasteiger partial charge < -0.3 is 14.8 Å². The molecule has 8 heteroatoms. The average Bonchev–Trinajstić information content (AvgIpc) is 2.58. The van der Waals surface area contributed by atoms with Crippen molar-refractivity contribution in [2.24, 2.45) is 0 Å². The molecule has 2 aromatic carbocycles. The Kier molecular flexibility index (Phi) is 5.86. The summed E-state index contributed by atoms with van der Waals surface area (Å²) >= 11 is 0. The number of halogens is 3. The molecular weight excluding hydrogens is 351 g/mol. The van der Waals surface area contributed by atoms with Crippen molar-refractivity contribution in [2.75, 3.05) is 11.9 Å². The zero-order valence-corrected chi connectivity index (χ0v) is 14.0. The quantitative estimate of drug-likeness (QED) is 0.795. The van der Waals surface area contributed by atoms with Gasteiger partial charge in [0.15, 0.2) is 12.2 Å². The van der Waals surface area contributed by atoms with Crippen molar-refractivity contribution < 1.29 is 32.2 Å². The fourth-order valence-electron chi connectivity index (χ4n) is 1.92. The summed E-state index contributed by atoms with van der Waals surface area (Å²) in [5, 5.41) is 2.10. The number of benzene rings is 2. The van der Waals surface area contributed by atoms with Crippen LogP contribution in [-0.2, 0) is 14.3 Å². The van der Waals surface area contributed by atoms with Gasteiger partial charge in [0.1, 0.15) is 23.2 Å². The van der Waals surface area contributed by atoms with Gasteiger partial charge in [0.25, 0.3) is 5.91 Å². The predicted molar refractivity (Wildman–Crippen MR) is 87.1 cm³/mol. The van der Waals surface area contributed by atoms with Gasteiger partial charge >= 0.3 is 5.97 Å². The molecule has 0 fully saturated rings. The van der Waals surface area contributed by atoms with Crippen LogP contribution in [0.5, 0.6) is 5.75 Å². The van der Waals surface area contributed by atoms with Crippen LogP contribution < -0.4 is 10.1 Å². The maximum atomic E-state index is 13.5. The minimum atomic E-state index is -1.46. The number of hydrogen-bond donors (Lipinski definition) is 1. The van der Waals surface area contributed by atoms with Crippen molar-refractivity contribution in [3.8, 4) is 5.75 Å². The Morgan fingerprint density at radius 2 is 1.62 bits per heavy atom. The van der Waals surface area contributed by atoms with Gasteiger partial charge in [0.05, 0.1) is 5.69 Å². The van der Waals surface area contributed by atoms with E-state index in [1.54, 1.807) is 0 Å². The molecular formula is C18H16F3NO4. The molecule has 1 N–H and O–H groups in total. The lowest BCUT2D eigenvalue weighted by Crippen LogP contribution is -2.41. The summed E-state index contributed by atoms with van der Waals surface area (Å²) in [6.07, 6.45) is 0. The van der Waals surface area contributed by atoms with E-state index >= 15 is 0 Å². The van der Waals surface area contributed by atoms with Crippen LogP contribution in [0.1, 0.15) is 13.8 Å². The molecule has 0 radical (unpaired) electrons. The molecule has 0 aliphatic rings. The number of hydrogen-bond acceptors (Lipinski definition) is 4. The number of esters is 1. The van der Waals surface area contributed by atoms with E-state index in [9.17, 15) is 22.8 Å². The molecule has 0 atom stereocenters. The summed E-state index contributed by atoms with van der Waals surface area (Å²) in [6, 6.07) is 7.57. The topological polar surface area (TPSA) is 64.6 Å². The van der Waals surface area contributed by atoms with Gasteiger partial charge in [-0.2, -0.15) is 0 Å². The smallest absolute Gasteiger partial charge is 0.350 e. The Morgan fingerprint density at radius 1 is 1.00 bits per heavy atom. The van der Waals surface area contributed by atoms with Crippen molar-refractivity contribution in [1.82, 2.24) is 0 Å². The lowest BCUT2D eigenvalue weighted by atomic mass is 10.1. The second kappa shape index (κ2) is 7.90. The summed E-state index contributed by atoms with van der Waals surface area (Å²) in [4.78, 5) is 23.8. The van der Waals surface area contributed by atoms with Crippen LogP contribution in [0.2, 0.25) is 0 Å². The molecule has 2 aromatic rings. The van der Waals surface area contributed by atoms with Gasteiger partial charge in [-0.1, -0.05) is 0 Å². The standard InChI is InChI=1S/C18H16F3NO4/c1-18(2,26-13-6-3-11(19)4-7-13)17(24)25-10-16(23)22-15-9-12(20)5-8-14(15)21/h3-9H,10H2,1-2H3,(H,22,23). The zero-order valence-electron chi connectivity index (χ0n) is 14.0. The van der Waals surface area contributed by atoms with Crippen LogP contribution in [-0.4, -0.2) is 24.1 Å². The van der Waals surface area contributed by atoms with Gasteiger partial charge in [-0.05, 0) is 50.2 Å². The first-order chi connectivity index (χ1) is 12.2. The Hall–Kier alpha value is -3.03.